The van der Waals surface area contributed by atoms with Crippen LogP contribution in [-0.2, 0) is 33.3 Å². The van der Waals surface area contributed by atoms with Gasteiger partial charge in [0.2, 0.25) is 5.91 Å². The molecular weight excluding hydrogens is 630 g/mol. The van der Waals surface area contributed by atoms with Gasteiger partial charge in [0.05, 0.1) is 18.3 Å². The SMILES string of the molecule is CC[C@H]1O[C@@](O)([C@@H](C)[C@H](O)[C@H](C)[C@H]2OC(=O)/C(C)=C/C(C)=C/[C@@H](C)[C@@H](O)[C@@H](C)C/C(C)=C/C=C/[C@@H]2OC)C[C@@H](OC(=O)/C=C/C(N)=O)[C@H]1C. The summed E-state index contributed by atoms with van der Waals surface area (Å²) in [6.45, 7) is 16.5. The Bertz CT molecular complexity index is 1300. The maximum absolute atomic E-state index is 13.5. The van der Waals surface area contributed by atoms with E-state index in [1.54, 1.807) is 32.9 Å². The van der Waals surface area contributed by atoms with Gasteiger partial charge in [0.25, 0.3) is 0 Å². The van der Waals surface area contributed by atoms with Crippen LogP contribution in [0.1, 0.15) is 81.6 Å². The lowest BCUT2D eigenvalue weighted by Crippen LogP contribution is -2.58. The summed E-state index contributed by atoms with van der Waals surface area (Å²) >= 11 is 0. The molecule has 0 bridgehead atoms. The molecule has 1 fully saturated rings. The molecular formula is C38H59NO10. The summed E-state index contributed by atoms with van der Waals surface area (Å²) in [5, 5.41) is 34.7. The number of esters is 2. The molecule has 0 aromatic carbocycles. The smallest absolute Gasteiger partial charge is 0.334 e. The number of methoxy groups -OCH3 is 1. The number of hydrogen-bond donors (Lipinski definition) is 4. The average Bonchev–Trinajstić information content (AvgIpc) is 3.04. The molecule has 0 aromatic rings. The lowest BCUT2D eigenvalue weighted by Gasteiger charge is -2.49. The van der Waals surface area contributed by atoms with Crippen LogP contribution in [0.4, 0.5) is 0 Å². The third kappa shape index (κ3) is 11.7. The van der Waals surface area contributed by atoms with Gasteiger partial charge < -0.3 is 40.0 Å². The lowest BCUT2D eigenvalue weighted by atomic mass is 9.77. The van der Waals surface area contributed by atoms with Crippen LogP contribution in [0.25, 0.3) is 0 Å². The maximum atomic E-state index is 13.5. The minimum absolute atomic E-state index is 0.00731. The highest BCUT2D eigenvalue weighted by Gasteiger charge is 2.52. The summed E-state index contributed by atoms with van der Waals surface area (Å²) in [6, 6.07) is 0. The zero-order valence-electron chi connectivity index (χ0n) is 30.8. The van der Waals surface area contributed by atoms with Gasteiger partial charge in [0, 0.05) is 54.9 Å². The average molecular weight is 690 g/mol. The van der Waals surface area contributed by atoms with Crippen molar-refractivity contribution in [2.24, 2.45) is 35.3 Å². The van der Waals surface area contributed by atoms with Gasteiger partial charge in [-0.05, 0) is 45.6 Å². The van der Waals surface area contributed by atoms with Crippen LogP contribution in [0.5, 0.6) is 0 Å². The van der Waals surface area contributed by atoms with Crippen molar-refractivity contribution in [1.82, 2.24) is 0 Å². The number of cyclic esters (lactones) is 1. The normalized spacial score (nSPS) is 38.1. The summed E-state index contributed by atoms with van der Waals surface area (Å²) in [4.78, 5) is 37.1. The summed E-state index contributed by atoms with van der Waals surface area (Å²) in [5.41, 5.74) is 7.27. The first-order valence-corrected chi connectivity index (χ1v) is 17.2. The number of amides is 1. The van der Waals surface area contributed by atoms with Crippen LogP contribution in [-0.4, -0.2) is 82.7 Å². The van der Waals surface area contributed by atoms with Crippen molar-refractivity contribution in [3.05, 3.63) is 59.3 Å². The topological polar surface area (TPSA) is 175 Å². The highest BCUT2D eigenvalue weighted by Crippen LogP contribution is 2.41. The van der Waals surface area contributed by atoms with Gasteiger partial charge in [-0.3, -0.25) is 4.79 Å². The van der Waals surface area contributed by atoms with Crippen LogP contribution >= 0.6 is 0 Å². The number of rotatable bonds is 9. The van der Waals surface area contributed by atoms with Crippen LogP contribution in [0, 0.1) is 29.6 Å². The molecule has 2 aliphatic rings. The highest BCUT2D eigenvalue weighted by molar-refractivity contribution is 5.93. The van der Waals surface area contributed by atoms with Crippen molar-refractivity contribution in [3.8, 4) is 0 Å². The minimum Gasteiger partial charge on any atom is -0.459 e. The molecule has 0 saturated carbocycles. The Morgan fingerprint density at radius 1 is 1.16 bits per heavy atom. The molecule has 276 valence electrons. The monoisotopic (exact) mass is 689 g/mol. The number of primary amides is 1. The molecule has 49 heavy (non-hydrogen) atoms. The van der Waals surface area contributed by atoms with Crippen molar-refractivity contribution in [2.75, 3.05) is 7.11 Å². The standard InChI is InChI=1S/C38H59NO10/c1-11-29-26(7)31(47-33(41)16-15-32(39)40)20-38(45,49-29)28(9)35(43)27(8)36-30(46-10)14-12-13-21(2)17-23(4)34(42)24(5)18-22(3)19-25(6)37(44)48-36/h12-16,18-19,23-24,26-31,34-36,42-43,45H,11,17,20H2,1-10H3,(H2,39,40)/b14-12+,16-15+,21-13+,22-18+,25-19+/t23-,24+,26-,27-,28-,29+,30-,31+,34-,35+,36+,38+/m0/s1. The number of ether oxygens (including phenoxy) is 4. The van der Waals surface area contributed by atoms with Crippen molar-refractivity contribution in [2.45, 2.75) is 124 Å². The molecule has 11 heteroatoms. The fourth-order valence-corrected chi connectivity index (χ4v) is 6.80. The summed E-state index contributed by atoms with van der Waals surface area (Å²) in [7, 11) is 1.49. The van der Waals surface area contributed by atoms with E-state index < -0.39 is 72.1 Å². The number of nitrogens with two attached hydrogens (primary N) is 1. The maximum Gasteiger partial charge on any atom is 0.334 e. The number of carbonyl (C=O) groups excluding carboxylic acids is 3. The van der Waals surface area contributed by atoms with Crippen LogP contribution < -0.4 is 5.73 Å². The van der Waals surface area contributed by atoms with Crippen LogP contribution in [0.2, 0.25) is 0 Å². The predicted octanol–water partition coefficient (Wildman–Crippen LogP) is 4.46. The third-order valence-electron chi connectivity index (χ3n) is 9.93. The summed E-state index contributed by atoms with van der Waals surface area (Å²) in [5.74, 6) is -6.28. The van der Waals surface area contributed by atoms with Crippen molar-refractivity contribution in [1.29, 1.82) is 0 Å². The van der Waals surface area contributed by atoms with Gasteiger partial charge in [0.15, 0.2) is 5.79 Å². The Morgan fingerprint density at radius 3 is 2.41 bits per heavy atom. The summed E-state index contributed by atoms with van der Waals surface area (Å²) < 4.78 is 23.7. The molecule has 0 unspecified atom stereocenters. The van der Waals surface area contributed by atoms with E-state index in [0.717, 1.165) is 23.3 Å². The van der Waals surface area contributed by atoms with Crippen LogP contribution in [0.3, 0.4) is 0 Å². The number of carbonyl (C=O) groups is 3. The van der Waals surface area contributed by atoms with Gasteiger partial charge in [-0.25, -0.2) is 9.59 Å². The molecule has 2 heterocycles. The zero-order chi connectivity index (χ0) is 37.2. The Morgan fingerprint density at radius 2 is 1.82 bits per heavy atom. The second-order valence-electron chi connectivity index (χ2n) is 14.1. The van der Waals surface area contributed by atoms with E-state index in [9.17, 15) is 29.7 Å². The predicted molar refractivity (Wildman–Crippen MR) is 186 cm³/mol. The Balaban J connectivity index is 2.48. The molecule has 12 atom stereocenters. The third-order valence-corrected chi connectivity index (χ3v) is 9.93. The number of allylic oxidation sites excluding steroid dienone is 5. The summed E-state index contributed by atoms with van der Waals surface area (Å²) in [6.07, 6.45) is 7.06. The molecule has 1 saturated heterocycles. The van der Waals surface area contributed by atoms with Crippen molar-refractivity contribution >= 4 is 17.8 Å². The lowest BCUT2D eigenvalue weighted by molar-refractivity contribution is -0.323. The molecule has 0 aromatic heterocycles. The van der Waals surface area contributed by atoms with Gasteiger partial charge in [-0.1, -0.05) is 77.0 Å². The van der Waals surface area contributed by atoms with E-state index in [0.29, 0.717) is 18.4 Å². The van der Waals surface area contributed by atoms with Crippen LogP contribution in [0.15, 0.2) is 59.3 Å². The molecule has 0 spiro atoms. The van der Waals surface area contributed by atoms with E-state index in [2.05, 4.69) is 0 Å². The van der Waals surface area contributed by atoms with Gasteiger partial charge in [-0.2, -0.15) is 0 Å². The highest BCUT2D eigenvalue weighted by atomic mass is 16.6. The van der Waals surface area contributed by atoms with Gasteiger partial charge in [0.1, 0.15) is 18.3 Å². The second kappa shape index (κ2) is 18.8. The molecule has 11 nitrogen and oxygen atoms in total. The van der Waals surface area contributed by atoms with Gasteiger partial charge in [-0.15, -0.1) is 0 Å². The van der Waals surface area contributed by atoms with Crippen molar-refractivity contribution in [3.63, 3.8) is 0 Å². The Labute approximate surface area is 291 Å². The number of aliphatic hydroxyl groups excluding tert-OH is 2. The second-order valence-corrected chi connectivity index (χ2v) is 14.1. The largest absolute Gasteiger partial charge is 0.459 e. The van der Waals surface area contributed by atoms with E-state index in [1.165, 1.54) is 7.11 Å². The first-order valence-electron chi connectivity index (χ1n) is 17.2. The molecule has 2 rings (SSSR count). The van der Waals surface area contributed by atoms with E-state index in [1.807, 2.05) is 59.8 Å². The molecule has 5 N–H and O–H groups in total. The fourth-order valence-electron chi connectivity index (χ4n) is 6.80. The van der Waals surface area contributed by atoms with Gasteiger partial charge >= 0.3 is 11.9 Å². The van der Waals surface area contributed by atoms with E-state index in [-0.39, 0.29) is 24.2 Å². The molecule has 1 amide bonds. The number of aliphatic hydroxyl groups is 3. The van der Waals surface area contributed by atoms with Crippen molar-refractivity contribution < 1.29 is 48.7 Å². The fraction of sp³-hybridized carbons (Fsp3) is 0.658. The first-order chi connectivity index (χ1) is 22.8. The molecule has 0 aliphatic carbocycles. The Kier molecular flexibility index (Phi) is 16.1. The quantitative estimate of drug-likeness (QED) is 0.200. The Hall–Kier alpha value is -3.09. The molecule has 0 radical (unpaired) electrons. The first kappa shape index (κ1) is 42.1. The molecule has 2 aliphatic heterocycles. The number of hydrogen-bond acceptors (Lipinski definition) is 10. The zero-order valence-corrected chi connectivity index (χ0v) is 30.8. The van der Waals surface area contributed by atoms with E-state index in [4.69, 9.17) is 24.7 Å². The van der Waals surface area contributed by atoms with E-state index >= 15 is 0 Å². The minimum atomic E-state index is -1.92.